The van der Waals surface area contributed by atoms with Gasteiger partial charge in [-0.3, -0.25) is 9.78 Å². The first-order chi connectivity index (χ1) is 13.7. The predicted octanol–water partition coefficient (Wildman–Crippen LogP) is 4.91. The number of aryl methyl sites for hydroxylation is 2. The van der Waals surface area contributed by atoms with E-state index >= 15 is 0 Å². The zero-order chi connectivity index (χ0) is 19.8. The van der Waals surface area contributed by atoms with Crippen molar-refractivity contribution in [3.05, 3.63) is 89.7 Å². The lowest BCUT2D eigenvalue weighted by atomic mass is 10.1. The van der Waals surface area contributed by atoms with Crippen LogP contribution in [-0.2, 0) is 6.42 Å². The van der Waals surface area contributed by atoms with Crippen molar-refractivity contribution < 1.29 is 4.79 Å². The number of nitrogens with zero attached hydrogens (tertiary/aromatic N) is 2. The number of hydrogen-bond donors (Lipinski definition) is 1. The number of nitrogens with one attached hydrogen (secondary N) is 1. The number of anilines is 2. The molecule has 144 valence electrons. The number of amides is 1. The van der Waals surface area contributed by atoms with Crippen LogP contribution in [0.4, 0.5) is 11.4 Å². The van der Waals surface area contributed by atoms with Gasteiger partial charge in [-0.25, -0.2) is 0 Å². The van der Waals surface area contributed by atoms with Crippen molar-refractivity contribution in [1.82, 2.24) is 10.3 Å². The fourth-order valence-electron chi connectivity index (χ4n) is 3.25. The number of carbonyl (C=O) groups is 1. The van der Waals surface area contributed by atoms with Crippen molar-refractivity contribution in [3.63, 3.8) is 0 Å². The lowest BCUT2D eigenvalue weighted by molar-refractivity contribution is 0.0953. The first kappa shape index (κ1) is 19.6. The highest BCUT2D eigenvalue weighted by molar-refractivity contribution is 5.94. The van der Waals surface area contributed by atoms with Gasteiger partial charge < -0.3 is 10.2 Å². The zero-order valence-electron chi connectivity index (χ0n) is 16.6. The maximum atomic E-state index is 12.5. The van der Waals surface area contributed by atoms with Crippen molar-refractivity contribution in [3.8, 4) is 0 Å². The molecule has 0 atom stereocenters. The Morgan fingerprint density at radius 1 is 1.00 bits per heavy atom. The molecule has 3 rings (SSSR count). The van der Waals surface area contributed by atoms with Gasteiger partial charge in [-0.15, -0.1) is 0 Å². The topological polar surface area (TPSA) is 45.2 Å². The number of benzene rings is 2. The van der Waals surface area contributed by atoms with Crippen LogP contribution < -0.4 is 10.2 Å². The van der Waals surface area contributed by atoms with Crippen molar-refractivity contribution in [2.45, 2.75) is 26.7 Å². The summed E-state index contributed by atoms with van der Waals surface area (Å²) in [6.45, 7) is 5.62. The van der Waals surface area contributed by atoms with Gasteiger partial charge in [-0.05, 0) is 56.0 Å². The molecule has 0 radical (unpaired) electrons. The molecule has 3 aromatic rings. The molecular formula is C24H27N3O. The Balaban J connectivity index is 1.62. The third-order valence-electron chi connectivity index (χ3n) is 4.70. The molecule has 0 spiro atoms. The van der Waals surface area contributed by atoms with Crippen LogP contribution in [0.2, 0.25) is 0 Å². The van der Waals surface area contributed by atoms with E-state index in [9.17, 15) is 4.79 Å². The van der Waals surface area contributed by atoms with E-state index < -0.39 is 0 Å². The molecule has 2 aromatic carbocycles. The Morgan fingerprint density at radius 2 is 1.82 bits per heavy atom. The van der Waals surface area contributed by atoms with Crippen LogP contribution in [0.5, 0.6) is 0 Å². The normalized spacial score (nSPS) is 10.5. The van der Waals surface area contributed by atoms with E-state index in [0.717, 1.165) is 30.8 Å². The maximum absolute atomic E-state index is 12.5. The molecule has 0 bridgehead atoms. The molecular weight excluding hydrogens is 346 g/mol. The molecule has 0 aliphatic carbocycles. The van der Waals surface area contributed by atoms with E-state index in [-0.39, 0.29) is 5.91 Å². The van der Waals surface area contributed by atoms with Gasteiger partial charge in [0.05, 0.1) is 17.4 Å². The molecule has 0 saturated heterocycles. The van der Waals surface area contributed by atoms with Gasteiger partial charge >= 0.3 is 0 Å². The summed E-state index contributed by atoms with van der Waals surface area (Å²) in [5.41, 5.74) is 5.10. The molecule has 4 heteroatoms. The molecule has 1 heterocycles. The minimum absolute atomic E-state index is 0.0808. The molecule has 0 unspecified atom stereocenters. The standard InChI is InChI=1S/C24H27N3O/c1-3-27(22-13-7-9-19(2)15-22)23-16-21(17-25-18-23)24(28)26-14-8-12-20-10-5-4-6-11-20/h4-7,9-11,13,15-18H,3,8,12,14H2,1-2H3,(H,26,28). The number of rotatable bonds is 8. The Labute approximate surface area is 167 Å². The monoisotopic (exact) mass is 373 g/mol. The Kier molecular flexibility index (Phi) is 6.79. The quantitative estimate of drug-likeness (QED) is 0.571. The smallest absolute Gasteiger partial charge is 0.252 e. The summed E-state index contributed by atoms with van der Waals surface area (Å²) in [5.74, 6) is -0.0808. The first-order valence-electron chi connectivity index (χ1n) is 9.78. The molecule has 0 aliphatic heterocycles. The largest absolute Gasteiger partial charge is 0.352 e. The van der Waals surface area contributed by atoms with Crippen LogP contribution in [-0.4, -0.2) is 24.0 Å². The average Bonchev–Trinajstić information content (AvgIpc) is 2.73. The number of aromatic nitrogens is 1. The molecule has 0 fully saturated rings. The highest BCUT2D eigenvalue weighted by Gasteiger charge is 2.12. The second kappa shape index (κ2) is 9.70. The lowest BCUT2D eigenvalue weighted by Gasteiger charge is -2.23. The highest BCUT2D eigenvalue weighted by atomic mass is 16.1. The third kappa shape index (κ3) is 5.19. The second-order valence-corrected chi connectivity index (χ2v) is 6.86. The second-order valence-electron chi connectivity index (χ2n) is 6.86. The molecule has 28 heavy (non-hydrogen) atoms. The van der Waals surface area contributed by atoms with E-state index in [1.54, 1.807) is 12.4 Å². The van der Waals surface area contributed by atoms with E-state index in [2.05, 4.69) is 59.4 Å². The van der Waals surface area contributed by atoms with Crippen LogP contribution in [0, 0.1) is 6.92 Å². The molecule has 1 amide bonds. The van der Waals surface area contributed by atoms with Gasteiger partial charge in [0, 0.05) is 25.0 Å². The Morgan fingerprint density at radius 3 is 2.57 bits per heavy atom. The molecule has 0 aliphatic rings. The van der Waals surface area contributed by atoms with Crippen molar-refractivity contribution >= 4 is 17.3 Å². The molecule has 1 aromatic heterocycles. The Hall–Kier alpha value is -3.14. The number of pyridine rings is 1. The summed E-state index contributed by atoms with van der Waals surface area (Å²) in [4.78, 5) is 19.0. The van der Waals surface area contributed by atoms with Gasteiger partial charge in [-0.2, -0.15) is 0 Å². The molecule has 1 N–H and O–H groups in total. The van der Waals surface area contributed by atoms with Crippen molar-refractivity contribution in [2.24, 2.45) is 0 Å². The first-order valence-corrected chi connectivity index (χ1v) is 9.78. The molecule has 0 saturated carbocycles. The van der Waals surface area contributed by atoms with E-state index in [4.69, 9.17) is 0 Å². The third-order valence-corrected chi connectivity index (χ3v) is 4.70. The molecule has 4 nitrogen and oxygen atoms in total. The van der Waals surface area contributed by atoms with Crippen molar-refractivity contribution in [2.75, 3.05) is 18.0 Å². The maximum Gasteiger partial charge on any atom is 0.252 e. The van der Waals surface area contributed by atoms with Gasteiger partial charge in [0.25, 0.3) is 5.91 Å². The van der Waals surface area contributed by atoms with Gasteiger partial charge in [0.1, 0.15) is 0 Å². The fourth-order valence-corrected chi connectivity index (χ4v) is 3.25. The van der Waals surface area contributed by atoms with E-state index in [0.29, 0.717) is 12.1 Å². The van der Waals surface area contributed by atoms with Gasteiger partial charge in [0.15, 0.2) is 0 Å². The van der Waals surface area contributed by atoms with Gasteiger partial charge in [-0.1, -0.05) is 42.5 Å². The zero-order valence-corrected chi connectivity index (χ0v) is 16.6. The summed E-state index contributed by atoms with van der Waals surface area (Å²) in [6, 6.07) is 20.6. The summed E-state index contributed by atoms with van der Waals surface area (Å²) in [6.07, 6.45) is 5.29. The summed E-state index contributed by atoms with van der Waals surface area (Å²) < 4.78 is 0. The van der Waals surface area contributed by atoms with E-state index in [1.165, 1.54) is 11.1 Å². The average molecular weight is 374 g/mol. The van der Waals surface area contributed by atoms with Crippen LogP contribution >= 0.6 is 0 Å². The van der Waals surface area contributed by atoms with Gasteiger partial charge in [0.2, 0.25) is 0 Å². The van der Waals surface area contributed by atoms with Crippen molar-refractivity contribution in [1.29, 1.82) is 0 Å². The number of carbonyl (C=O) groups excluding carboxylic acids is 1. The summed E-state index contributed by atoms with van der Waals surface area (Å²) in [5, 5.41) is 3.00. The predicted molar refractivity (Wildman–Crippen MR) is 115 cm³/mol. The van der Waals surface area contributed by atoms with Crippen LogP contribution in [0.25, 0.3) is 0 Å². The highest BCUT2D eigenvalue weighted by Crippen LogP contribution is 2.25. The van der Waals surface area contributed by atoms with Crippen LogP contribution in [0.15, 0.2) is 73.1 Å². The van der Waals surface area contributed by atoms with Crippen LogP contribution in [0.1, 0.15) is 34.8 Å². The number of hydrogen-bond acceptors (Lipinski definition) is 3. The van der Waals surface area contributed by atoms with E-state index in [1.807, 2.05) is 30.3 Å². The minimum Gasteiger partial charge on any atom is -0.352 e. The Bertz CT molecular complexity index is 908. The summed E-state index contributed by atoms with van der Waals surface area (Å²) in [7, 11) is 0. The summed E-state index contributed by atoms with van der Waals surface area (Å²) >= 11 is 0. The fraction of sp³-hybridized carbons (Fsp3) is 0.250. The minimum atomic E-state index is -0.0808. The van der Waals surface area contributed by atoms with Crippen LogP contribution in [0.3, 0.4) is 0 Å². The lowest BCUT2D eigenvalue weighted by Crippen LogP contribution is -2.25. The SMILES string of the molecule is CCN(c1cccc(C)c1)c1cncc(C(=O)NCCCc2ccccc2)c1.